The lowest BCUT2D eigenvalue weighted by atomic mass is 10.1. The Kier molecular flexibility index (Phi) is 2.53. The summed E-state index contributed by atoms with van der Waals surface area (Å²) in [6.45, 7) is 0. The molecular formula is C12H9ClN2O2S. The molecule has 0 bridgehead atoms. The van der Waals surface area contributed by atoms with Crippen LogP contribution < -0.4 is 0 Å². The molecule has 3 aromatic rings. The van der Waals surface area contributed by atoms with Gasteiger partial charge in [0.25, 0.3) is 0 Å². The first-order chi connectivity index (χ1) is 8.53. The fourth-order valence-corrected chi connectivity index (χ4v) is 3.02. The fourth-order valence-electron chi connectivity index (χ4n) is 2.06. The van der Waals surface area contributed by atoms with Gasteiger partial charge < -0.3 is 4.98 Å². The highest BCUT2D eigenvalue weighted by atomic mass is 35.7. The van der Waals surface area contributed by atoms with Crippen LogP contribution in [0.15, 0.2) is 36.5 Å². The van der Waals surface area contributed by atoms with E-state index in [-0.39, 0.29) is 5.75 Å². The SMILES string of the molecule is O=S(=O)(Cl)Cc1ccc2[nH]c3ncccc3c2c1. The molecule has 0 fully saturated rings. The summed E-state index contributed by atoms with van der Waals surface area (Å²) in [7, 11) is 1.73. The average Bonchev–Trinajstić information content (AvgIpc) is 2.65. The first-order valence-corrected chi connectivity index (χ1v) is 7.78. The predicted octanol–water partition coefficient (Wildman–Crippen LogP) is 2.78. The van der Waals surface area contributed by atoms with Crippen molar-refractivity contribution in [2.24, 2.45) is 0 Å². The number of benzene rings is 1. The minimum absolute atomic E-state index is 0.169. The summed E-state index contributed by atoms with van der Waals surface area (Å²) in [5.41, 5.74) is 2.39. The highest BCUT2D eigenvalue weighted by molar-refractivity contribution is 8.13. The van der Waals surface area contributed by atoms with E-state index in [2.05, 4.69) is 9.97 Å². The summed E-state index contributed by atoms with van der Waals surface area (Å²) < 4.78 is 22.2. The van der Waals surface area contributed by atoms with Gasteiger partial charge in [-0.1, -0.05) is 6.07 Å². The number of halogens is 1. The van der Waals surface area contributed by atoms with Crippen LogP contribution in [-0.4, -0.2) is 18.4 Å². The number of nitrogens with one attached hydrogen (secondary N) is 1. The van der Waals surface area contributed by atoms with Gasteiger partial charge in [-0.3, -0.25) is 0 Å². The predicted molar refractivity (Wildman–Crippen MR) is 72.1 cm³/mol. The molecule has 0 saturated carbocycles. The van der Waals surface area contributed by atoms with Crippen molar-refractivity contribution in [3.05, 3.63) is 42.1 Å². The van der Waals surface area contributed by atoms with E-state index in [1.54, 1.807) is 12.3 Å². The van der Waals surface area contributed by atoms with Crippen molar-refractivity contribution in [1.29, 1.82) is 0 Å². The molecule has 1 aromatic carbocycles. The number of fused-ring (bicyclic) bond motifs is 3. The molecule has 3 rings (SSSR count). The van der Waals surface area contributed by atoms with Crippen molar-refractivity contribution in [3.8, 4) is 0 Å². The van der Waals surface area contributed by atoms with Crippen LogP contribution in [0.5, 0.6) is 0 Å². The zero-order valence-corrected chi connectivity index (χ0v) is 10.8. The molecule has 0 unspecified atom stereocenters. The Balaban J connectivity index is 2.24. The smallest absolute Gasteiger partial charge is 0.236 e. The van der Waals surface area contributed by atoms with Gasteiger partial charge >= 0.3 is 0 Å². The van der Waals surface area contributed by atoms with Crippen LogP contribution in [0.25, 0.3) is 21.9 Å². The van der Waals surface area contributed by atoms with E-state index < -0.39 is 9.05 Å². The Morgan fingerprint density at radius 3 is 2.83 bits per heavy atom. The van der Waals surface area contributed by atoms with Gasteiger partial charge in [-0.15, -0.1) is 0 Å². The quantitative estimate of drug-likeness (QED) is 0.734. The van der Waals surface area contributed by atoms with Crippen molar-refractivity contribution < 1.29 is 8.42 Å². The molecule has 0 amide bonds. The molecule has 6 heteroatoms. The van der Waals surface area contributed by atoms with E-state index in [1.807, 2.05) is 24.3 Å². The molecule has 18 heavy (non-hydrogen) atoms. The van der Waals surface area contributed by atoms with Gasteiger partial charge in [0.2, 0.25) is 9.05 Å². The van der Waals surface area contributed by atoms with Crippen LogP contribution in [0.3, 0.4) is 0 Å². The molecule has 1 N–H and O–H groups in total. The van der Waals surface area contributed by atoms with Crippen molar-refractivity contribution in [2.75, 3.05) is 0 Å². The summed E-state index contributed by atoms with van der Waals surface area (Å²) in [5, 5.41) is 1.93. The highest BCUT2D eigenvalue weighted by Crippen LogP contribution is 2.25. The molecule has 0 spiro atoms. The Bertz CT molecular complexity index is 840. The number of hydrogen-bond donors (Lipinski definition) is 1. The Morgan fingerprint density at radius 2 is 2.06 bits per heavy atom. The minimum Gasteiger partial charge on any atom is -0.339 e. The van der Waals surface area contributed by atoms with E-state index in [1.165, 1.54) is 0 Å². The third-order valence-corrected chi connectivity index (χ3v) is 3.78. The normalized spacial score (nSPS) is 12.3. The third kappa shape index (κ3) is 2.07. The molecule has 0 atom stereocenters. The highest BCUT2D eigenvalue weighted by Gasteiger charge is 2.10. The van der Waals surface area contributed by atoms with Gasteiger partial charge in [-0.2, -0.15) is 0 Å². The van der Waals surface area contributed by atoms with Gasteiger partial charge in [0.15, 0.2) is 0 Å². The summed E-state index contributed by atoms with van der Waals surface area (Å²) in [5.74, 6) is -0.169. The second-order valence-corrected chi connectivity index (χ2v) is 6.86. The Labute approximate surface area is 108 Å². The number of hydrogen-bond acceptors (Lipinski definition) is 3. The molecule has 0 saturated heterocycles. The maximum Gasteiger partial charge on any atom is 0.236 e. The fraction of sp³-hybridized carbons (Fsp3) is 0.0833. The molecular weight excluding hydrogens is 272 g/mol. The van der Waals surface area contributed by atoms with Crippen LogP contribution >= 0.6 is 10.7 Å². The largest absolute Gasteiger partial charge is 0.339 e. The zero-order valence-electron chi connectivity index (χ0n) is 9.22. The lowest BCUT2D eigenvalue weighted by molar-refractivity contribution is 0.609. The third-order valence-electron chi connectivity index (χ3n) is 2.77. The van der Waals surface area contributed by atoms with E-state index in [4.69, 9.17) is 10.7 Å². The first-order valence-electron chi connectivity index (χ1n) is 5.31. The number of aromatic amines is 1. The van der Waals surface area contributed by atoms with Gasteiger partial charge in [0, 0.05) is 33.2 Å². The number of H-pyrrole nitrogens is 1. The first kappa shape index (κ1) is 11.5. The van der Waals surface area contributed by atoms with Gasteiger partial charge in [0.05, 0.1) is 5.75 Å². The van der Waals surface area contributed by atoms with Crippen LogP contribution in [0, 0.1) is 0 Å². The summed E-state index contributed by atoms with van der Waals surface area (Å²) in [4.78, 5) is 7.40. The van der Waals surface area contributed by atoms with Crippen molar-refractivity contribution >= 4 is 41.7 Å². The van der Waals surface area contributed by atoms with E-state index in [0.717, 1.165) is 21.9 Å². The maximum atomic E-state index is 11.1. The molecule has 0 aliphatic rings. The number of nitrogens with zero attached hydrogens (tertiary/aromatic N) is 1. The molecule has 0 aliphatic carbocycles. The molecule has 2 heterocycles. The van der Waals surface area contributed by atoms with Gasteiger partial charge in [0.1, 0.15) is 5.65 Å². The summed E-state index contributed by atoms with van der Waals surface area (Å²) in [6.07, 6.45) is 1.71. The molecule has 0 aliphatic heterocycles. The number of pyridine rings is 1. The monoisotopic (exact) mass is 280 g/mol. The topological polar surface area (TPSA) is 62.8 Å². The molecule has 4 nitrogen and oxygen atoms in total. The molecule has 0 radical (unpaired) electrons. The van der Waals surface area contributed by atoms with E-state index >= 15 is 0 Å². The molecule has 92 valence electrons. The van der Waals surface area contributed by atoms with Gasteiger partial charge in [-0.05, 0) is 29.8 Å². The lowest BCUT2D eigenvalue weighted by Crippen LogP contribution is -1.94. The number of aromatic nitrogens is 2. The summed E-state index contributed by atoms with van der Waals surface area (Å²) in [6, 6.07) is 9.21. The maximum absolute atomic E-state index is 11.1. The van der Waals surface area contributed by atoms with Crippen LogP contribution in [-0.2, 0) is 14.8 Å². The van der Waals surface area contributed by atoms with Crippen molar-refractivity contribution in [1.82, 2.24) is 9.97 Å². The lowest BCUT2D eigenvalue weighted by Gasteiger charge is -1.98. The van der Waals surface area contributed by atoms with Gasteiger partial charge in [-0.25, -0.2) is 13.4 Å². The zero-order chi connectivity index (χ0) is 12.8. The second-order valence-electron chi connectivity index (χ2n) is 4.09. The van der Waals surface area contributed by atoms with Crippen LogP contribution in [0.2, 0.25) is 0 Å². The van der Waals surface area contributed by atoms with Crippen molar-refractivity contribution in [3.63, 3.8) is 0 Å². The minimum atomic E-state index is -3.54. The Morgan fingerprint density at radius 1 is 1.22 bits per heavy atom. The molecule has 2 aromatic heterocycles. The standard InChI is InChI=1S/C12H9ClN2O2S/c13-18(16,17)7-8-3-4-11-10(6-8)9-2-1-5-14-12(9)15-11/h1-6H,7H2,(H,14,15). The van der Waals surface area contributed by atoms with E-state index in [9.17, 15) is 8.42 Å². The Hall–Kier alpha value is -1.59. The second kappa shape index (κ2) is 3.96. The van der Waals surface area contributed by atoms with E-state index in [0.29, 0.717) is 5.56 Å². The number of rotatable bonds is 2. The van der Waals surface area contributed by atoms with Crippen LogP contribution in [0.1, 0.15) is 5.56 Å². The summed E-state index contributed by atoms with van der Waals surface area (Å²) >= 11 is 0. The van der Waals surface area contributed by atoms with Crippen molar-refractivity contribution in [2.45, 2.75) is 5.75 Å². The van der Waals surface area contributed by atoms with Crippen LogP contribution in [0.4, 0.5) is 0 Å². The average molecular weight is 281 g/mol.